The zero-order valence-corrected chi connectivity index (χ0v) is 20.9. The van der Waals surface area contributed by atoms with Crippen LogP contribution in [0.4, 0.5) is 5.69 Å². The molecule has 38 heavy (non-hydrogen) atoms. The first kappa shape index (κ1) is 23.7. The average molecular weight is 510 g/mol. The number of rotatable bonds is 7. The number of nitrogens with zero attached hydrogens (tertiary/aromatic N) is 7. The molecule has 11 heteroatoms. The molecule has 1 aliphatic heterocycles. The van der Waals surface area contributed by atoms with Crippen molar-refractivity contribution < 1.29 is 9.59 Å². The normalized spacial score (nSPS) is 19.8. The lowest BCUT2D eigenvalue weighted by Crippen LogP contribution is -2.36. The number of hydrogen-bond acceptors (Lipinski definition) is 7. The lowest BCUT2D eigenvalue weighted by molar-refractivity contribution is -0.134. The number of fused-ring (bicyclic) bond motifs is 1. The zero-order valence-electron chi connectivity index (χ0n) is 20.9. The molecule has 2 amide bonds. The number of nitriles is 1. The lowest BCUT2D eigenvalue weighted by atomic mass is 10.00. The Bertz CT molecular complexity index is 1580. The minimum atomic E-state index is -0.858. The summed E-state index contributed by atoms with van der Waals surface area (Å²) < 4.78 is 3.38. The Hall–Kier alpha value is -4.72. The van der Waals surface area contributed by atoms with Gasteiger partial charge in [-0.2, -0.15) is 10.4 Å². The van der Waals surface area contributed by atoms with Crippen LogP contribution in [0.5, 0.6) is 0 Å². The molecule has 1 saturated carbocycles. The van der Waals surface area contributed by atoms with Gasteiger partial charge in [0.15, 0.2) is 0 Å². The van der Waals surface area contributed by atoms with Gasteiger partial charge in [-0.1, -0.05) is 30.3 Å². The molecule has 4 aromatic rings. The Morgan fingerprint density at radius 2 is 2.00 bits per heavy atom. The predicted octanol–water partition coefficient (Wildman–Crippen LogP) is 2.63. The minimum Gasteiger partial charge on any atom is -0.378 e. The van der Waals surface area contributed by atoms with Crippen molar-refractivity contribution in [1.82, 2.24) is 29.5 Å². The van der Waals surface area contributed by atoms with Gasteiger partial charge in [-0.25, -0.2) is 9.20 Å². The van der Waals surface area contributed by atoms with E-state index in [4.69, 9.17) is 5.73 Å². The lowest BCUT2D eigenvalue weighted by Gasteiger charge is -2.22. The summed E-state index contributed by atoms with van der Waals surface area (Å²) in [6.45, 7) is 3.10. The highest BCUT2D eigenvalue weighted by Crippen LogP contribution is 2.47. The molecule has 2 unspecified atom stereocenters. The van der Waals surface area contributed by atoms with E-state index >= 15 is 0 Å². The van der Waals surface area contributed by atoms with Crippen LogP contribution in [0.15, 0.2) is 55.0 Å². The molecule has 3 aromatic heterocycles. The molecular weight excluding hydrogens is 482 g/mol. The number of amides is 2. The largest absolute Gasteiger partial charge is 0.378 e. The van der Waals surface area contributed by atoms with E-state index in [0.717, 1.165) is 17.7 Å². The van der Waals surface area contributed by atoms with Crippen molar-refractivity contribution >= 4 is 23.0 Å². The Labute approximate surface area is 218 Å². The van der Waals surface area contributed by atoms with Gasteiger partial charge in [-0.05, 0) is 43.4 Å². The van der Waals surface area contributed by atoms with E-state index in [1.165, 1.54) is 6.20 Å². The van der Waals surface area contributed by atoms with Gasteiger partial charge >= 0.3 is 0 Å². The van der Waals surface area contributed by atoms with E-state index in [9.17, 15) is 14.9 Å². The average Bonchev–Trinajstić information content (AvgIpc) is 3.26. The molecule has 192 valence electrons. The fraction of sp³-hybridized carbons (Fsp3) is 0.333. The van der Waals surface area contributed by atoms with Gasteiger partial charge in [0.05, 0.1) is 40.9 Å². The number of carbonyl (C=O) groups is 2. The second-order valence-electron chi connectivity index (χ2n) is 10.1. The van der Waals surface area contributed by atoms with Gasteiger partial charge in [-0.15, -0.1) is 5.10 Å². The molecule has 0 bridgehead atoms. The Morgan fingerprint density at radius 1 is 1.21 bits per heavy atom. The molecular formula is C27H27N9O2. The summed E-state index contributed by atoms with van der Waals surface area (Å²) >= 11 is 0. The summed E-state index contributed by atoms with van der Waals surface area (Å²) in [7, 11) is 0. The number of para-hydroxylation sites is 1. The second kappa shape index (κ2) is 8.99. The SMILES string of the molecule is CCC1CN(C(=O)C2(C#N)CC2)CC1Nc1c(C(N)=O)cnn2cc(-c3cn(-c4ccccc4)nn3)cc12. The number of benzene rings is 1. The quantitative estimate of drug-likeness (QED) is 0.389. The van der Waals surface area contributed by atoms with Crippen LogP contribution in [0.2, 0.25) is 0 Å². The van der Waals surface area contributed by atoms with E-state index in [1.54, 1.807) is 14.1 Å². The standard InChI is InChI=1S/C27H27N9O2/c1-2-17-12-34(26(38)27(16-28)8-9-27)14-21(17)31-24-20(25(29)37)11-30-36-13-18(10-23(24)36)22-15-35(33-32-22)19-6-4-3-5-7-19/h3-7,10-11,13,15,17,21,31H,2,8-9,12,14H2,1H3,(H2,29,37). The Morgan fingerprint density at radius 3 is 2.68 bits per heavy atom. The molecule has 1 aliphatic carbocycles. The molecule has 2 atom stereocenters. The number of likely N-dealkylation sites (tertiary alicyclic amines) is 1. The third-order valence-electron chi connectivity index (χ3n) is 7.67. The van der Waals surface area contributed by atoms with E-state index in [2.05, 4.69) is 33.7 Å². The van der Waals surface area contributed by atoms with Gasteiger partial charge in [-0.3, -0.25) is 9.59 Å². The van der Waals surface area contributed by atoms with Gasteiger partial charge < -0.3 is 16.0 Å². The van der Waals surface area contributed by atoms with Crippen LogP contribution >= 0.6 is 0 Å². The predicted molar refractivity (Wildman–Crippen MR) is 139 cm³/mol. The third kappa shape index (κ3) is 3.94. The first-order chi connectivity index (χ1) is 18.4. The van der Waals surface area contributed by atoms with Crippen LogP contribution < -0.4 is 11.1 Å². The third-order valence-corrected chi connectivity index (χ3v) is 7.67. The maximum absolute atomic E-state index is 13.0. The van der Waals surface area contributed by atoms with Crippen molar-refractivity contribution in [2.75, 3.05) is 18.4 Å². The van der Waals surface area contributed by atoms with Gasteiger partial charge in [0.25, 0.3) is 5.91 Å². The van der Waals surface area contributed by atoms with Crippen molar-refractivity contribution in [3.63, 3.8) is 0 Å². The molecule has 11 nitrogen and oxygen atoms in total. The topological polar surface area (TPSA) is 147 Å². The van der Waals surface area contributed by atoms with Crippen molar-refractivity contribution in [3.05, 3.63) is 60.6 Å². The van der Waals surface area contributed by atoms with E-state index < -0.39 is 11.3 Å². The van der Waals surface area contributed by atoms with E-state index in [-0.39, 0.29) is 23.4 Å². The van der Waals surface area contributed by atoms with Crippen LogP contribution in [-0.4, -0.2) is 60.5 Å². The van der Waals surface area contributed by atoms with Crippen LogP contribution in [-0.2, 0) is 4.79 Å². The van der Waals surface area contributed by atoms with Crippen LogP contribution in [0.25, 0.3) is 22.5 Å². The molecule has 1 saturated heterocycles. The zero-order chi connectivity index (χ0) is 26.4. The van der Waals surface area contributed by atoms with Gasteiger partial charge in [0.2, 0.25) is 5.91 Å². The van der Waals surface area contributed by atoms with Crippen LogP contribution in [0, 0.1) is 22.7 Å². The highest BCUT2D eigenvalue weighted by Gasteiger charge is 2.54. The fourth-order valence-corrected chi connectivity index (χ4v) is 5.24. The molecule has 4 heterocycles. The number of aromatic nitrogens is 5. The number of nitrogens with one attached hydrogen (secondary N) is 1. The van der Waals surface area contributed by atoms with Crippen molar-refractivity contribution in [2.24, 2.45) is 17.1 Å². The monoisotopic (exact) mass is 509 g/mol. The summed E-state index contributed by atoms with van der Waals surface area (Å²) in [4.78, 5) is 27.2. The molecule has 0 radical (unpaired) electrons. The van der Waals surface area contributed by atoms with Crippen LogP contribution in [0.1, 0.15) is 36.5 Å². The number of nitrogens with two attached hydrogens (primary N) is 1. The number of carbonyl (C=O) groups excluding carboxylic acids is 2. The van der Waals surface area contributed by atoms with Crippen molar-refractivity contribution in [2.45, 2.75) is 32.2 Å². The summed E-state index contributed by atoms with van der Waals surface area (Å²) in [5.74, 6) is -0.535. The first-order valence-corrected chi connectivity index (χ1v) is 12.7. The van der Waals surface area contributed by atoms with Crippen molar-refractivity contribution in [3.8, 4) is 23.0 Å². The number of hydrogen-bond donors (Lipinski definition) is 2. The highest BCUT2D eigenvalue weighted by molar-refractivity contribution is 6.02. The minimum absolute atomic E-state index is 0.0933. The number of primary amides is 1. The molecule has 1 aromatic carbocycles. The molecule has 3 N–H and O–H groups in total. The van der Waals surface area contributed by atoms with Gasteiger partial charge in [0, 0.05) is 30.9 Å². The summed E-state index contributed by atoms with van der Waals surface area (Å²) in [5.41, 5.74) is 8.71. The first-order valence-electron chi connectivity index (χ1n) is 12.7. The fourth-order valence-electron chi connectivity index (χ4n) is 5.24. The second-order valence-corrected chi connectivity index (χ2v) is 10.1. The smallest absolute Gasteiger partial charge is 0.252 e. The summed E-state index contributed by atoms with van der Waals surface area (Å²) in [5, 5.41) is 26.0. The summed E-state index contributed by atoms with van der Waals surface area (Å²) in [6.07, 6.45) is 7.19. The molecule has 2 fully saturated rings. The van der Waals surface area contributed by atoms with E-state index in [0.29, 0.717) is 42.8 Å². The highest BCUT2D eigenvalue weighted by atomic mass is 16.2. The Kier molecular flexibility index (Phi) is 5.60. The van der Waals surface area contributed by atoms with Crippen molar-refractivity contribution in [1.29, 1.82) is 5.26 Å². The Balaban J connectivity index is 1.33. The molecule has 6 rings (SSSR count). The van der Waals surface area contributed by atoms with E-state index in [1.807, 2.05) is 48.8 Å². The number of anilines is 1. The maximum atomic E-state index is 13.0. The van der Waals surface area contributed by atoms with Gasteiger partial charge in [0.1, 0.15) is 11.1 Å². The maximum Gasteiger partial charge on any atom is 0.252 e. The molecule has 0 spiro atoms. The summed E-state index contributed by atoms with van der Waals surface area (Å²) in [6, 6.07) is 13.7. The van der Waals surface area contributed by atoms with Crippen LogP contribution in [0.3, 0.4) is 0 Å². The molecule has 2 aliphatic rings.